The van der Waals surface area contributed by atoms with E-state index in [-0.39, 0.29) is 0 Å². The van der Waals surface area contributed by atoms with Gasteiger partial charge in [-0.25, -0.2) is 4.79 Å². The van der Waals surface area contributed by atoms with Crippen molar-refractivity contribution in [2.75, 3.05) is 26.2 Å². The molecule has 0 aromatic carbocycles. The topological polar surface area (TPSA) is 67.6 Å². The largest absolute Gasteiger partial charge is 0.448 e. The van der Waals surface area contributed by atoms with Crippen LogP contribution in [-0.2, 0) is 4.74 Å². The number of primary amides is 1. The van der Waals surface area contributed by atoms with Gasteiger partial charge < -0.3 is 15.8 Å². The summed E-state index contributed by atoms with van der Waals surface area (Å²) in [5.74, 6) is 0. The van der Waals surface area contributed by atoms with Crippen LogP contribution in [0.1, 0.15) is 20.3 Å². The summed E-state index contributed by atoms with van der Waals surface area (Å²) in [7, 11) is 0. The maximum atomic E-state index is 10.3. The molecule has 0 aromatic rings. The first-order valence-corrected chi connectivity index (χ1v) is 5.49. The highest BCUT2D eigenvalue weighted by Crippen LogP contribution is 2.11. The molecule has 1 fully saturated rings. The fourth-order valence-corrected chi connectivity index (χ4v) is 1.84. The monoisotopic (exact) mass is 215 g/mol. The molecule has 1 rings (SSSR count). The Hall–Kier alpha value is -0.810. The van der Waals surface area contributed by atoms with Crippen LogP contribution in [0.3, 0.4) is 0 Å². The van der Waals surface area contributed by atoms with Crippen molar-refractivity contribution in [1.82, 2.24) is 10.2 Å². The number of rotatable bonds is 5. The zero-order valence-electron chi connectivity index (χ0n) is 9.53. The van der Waals surface area contributed by atoms with Gasteiger partial charge in [0.1, 0.15) is 6.61 Å². The molecule has 5 heteroatoms. The summed E-state index contributed by atoms with van der Waals surface area (Å²) in [4.78, 5) is 12.7. The SMILES string of the molecule is CC(C)N1CCC(NCCOC(N)=O)C1. The Morgan fingerprint density at radius 3 is 2.93 bits per heavy atom. The van der Waals surface area contributed by atoms with Crippen LogP contribution in [0.5, 0.6) is 0 Å². The van der Waals surface area contributed by atoms with Crippen molar-refractivity contribution in [3.8, 4) is 0 Å². The molecule has 0 spiro atoms. The van der Waals surface area contributed by atoms with E-state index in [1.54, 1.807) is 0 Å². The summed E-state index contributed by atoms with van der Waals surface area (Å²) in [6.07, 6.45) is 0.460. The molecule has 1 heterocycles. The molecule has 0 saturated carbocycles. The van der Waals surface area contributed by atoms with E-state index in [9.17, 15) is 4.79 Å². The van der Waals surface area contributed by atoms with Gasteiger partial charge in [-0.05, 0) is 26.8 Å². The number of carbonyl (C=O) groups excluding carboxylic acids is 1. The van der Waals surface area contributed by atoms with Gasteiger partial charge in [-0.15, -0.1) is 0 Å². The highest BCUT2D eigenvalue weighted by molar-refractivity contribution is 5.64. The second-order valence-electron chi connectivity index (χ2n) is 4.20. The quantitative estimate of drug-likeness (QED) is 0.641. The molecule has 1 atom stereocenters. The average Bonchev–Trinajstić information content (AvgIpc) is 2.60. The molecule has 0 bridgehead atoms. The number of nitrogens with two attached hydrogens (primary N) is 1. The lowest BCUT2D eigenvalue weighted by Crippen LogP contribution is -2.37. The standard InChI is InChI=1S/C10H21N3O2/c1-8(2)13-5-3-9(7-13)12-4-6-15-10(11)14/h8-9,12H,3-7H2,1-2H3,(H2,11,14). The lowest BCUT2D eigenvalue weighted by molar-refractivity contribution is 0.156. The summed E-state index contributed by atoms with van der Waals surface area (Å²) < 4.78 is 4.64. The van der Waals surface area contributed by atoms with Crippen LogP contribution in [0.15, 0.2) is 0 Å². The Bertz CT molecular complexity index is 209. The van der Waals surface area contributed by atoms with Crippen molar-refractivity contribution < 1.29 is 9.53 Å². The van der Waals surface area contributed by atoms with E-state index in [2.05, 4.69) is 28.8 Å². The maximum absolute atomic E-state index is 10.3. The zero-order chi connectivity index (χ0) is 11.3. The van der Waals surface area contributed by atoms with Crippen LogP contribution in [0.4, 0.5) is 4.79 Å². The van der Waals surface area contributed by atoms with Crippen LogP contribution in [0.2, 0.25) is 0 Å². The summed E-state index contributed by atoms with van der Waals surface area (Å²) in [5.41, 5.74) is 4.85. The number of carbonyl (C=O) groups is 1. The van der Waals surface area contributed by atoms with Gasteiger partial charge in [0.15, 0.2) is 0 Å². The predicted octanol–water partition coefficient (Wildman–Crippen LogP) is 0.154. The molecule has 0 radical (unpaired) electrons. The third-order valence-electron chi connectivity index (χ3n) is 2.73. The number of likely N-dealkylation sites (tertiary alicyclic amines) is 1. The molecule has 5 nitrogen and oxygen atoms in total. The van der Waals surface area contributed by atoms with Gasteiger partial charge in [-0.3, -0.25) is 4.90 Å². The van der Waals surface area contributed by atoms with Crippen LogP contribution in [-0.4, -0.2) is 49.3 Å². The molecule has 88 valence electrons. The molecular weight excluding hydrogens is 194 g/mol. The van der Waals surface area contributed by atoms with Crippen molar-refractivity contribution in [1.29, 1.82) is 0 Å². The average molecular weight is 215 g/mol. The first-order valence-electron chi connectivity index (χ1n) is 5.49. The summed E-state index contributed by atoms with van der Waals surface area (Å²) in [5, 5.41) is 3.35. The molecule has 1 aliphatic rings. The van der Waals surface area contributed by atoms with Gasteiger partial charge >= 0.3 is 6.09 Å². The lowest BCUT2D eigenvalue weighted by atomic mass is 10.2. The van der Waals surface area contributed by atoms with E-state index in [1.165, 1.54) is 0 Å². The van der Waals surface area contributed by atoms with Crippen LogP contribution in [0.25, 0.3) is 0 Å². The van der Waals surface area contributed by atoms with Gasteiger partial charge in [-0.2, -0.15) is 0 Å². The van der Waals surface area contributed by atoms with Crippen LogP contribution >= 0.6 is 0 Å². The normalized spacial score (nSPS) is 22.2. The summed E-state index contributed by atoms with van der Waals surface area (Å²) in [6.45, 7) is 7.67. The van der Waals surface area contributed by atoms with Crippen LogP contribution < -0.4 is 11.1 Å². The van der Waals surface area contributed by atoms with E-state index in [0.29, 0.717) is 25.2 Å². The first kappa shape index (κ1) is 12.3. The third-order valence-corrected chi connectivity index (χ3v) is 2.73. The number of hydrogen-bond acceptors (Lipinski definition) is 4. The number of ether oxygens (including phenoxy) is 1. The van der Waals surface area contributed by atoms with Crippen molar-refractivity contribution >= 4 is 6.09 Å². The van der Waals surface area contributed by atoms with E-state index in [1.807, 2.05) is 0 Å². The Morgan fingerprint density at radius 1 is 1.67 bits per heavy atom. The van der Waals surface area contributed by atoms with Crippen molar-refractivity contribution in [2.45, 2.75) is 32.4 Å². The molecule has 1 aliphatic heterocycles. The number of nitrogens with zero attached hydrogens (tertiary/aromatic N) is 1. The van der Waals surface area contributed by atoms with Gasteiger partial charge in [0, 0.05) is 25.2 Å². The number of hydrogen-bond donors (Lipinski definition) is 2. The minimum atomic E-state index is -0.702. The highest BCUT2D eigenvalue weighted by Gasteiger charge is 2.23. The van der Waals surface area contributed by atoms with Gasteiger partial charge in [-0.1, -0.05) is 0 Å². The second kappa shape index (κ2) is 5.92. The molecular formula is C10H21N3O2. The van der Waals surface area contributed by atoms with E-state index in [0.717, 1.165) is 19.5 Å². The summed E-state index contributed by atoms with van der Waals surface area (Å²) in [6, 6.07) is 1.13. The molecule has 1 saturated heterocycles. The van der Waals surface area contributed by atoms with Crippen LogP contribution in [0, 0.1) is 0 Å². The minimum absolute atomic E-state index is 0.355. The Balaban J connectivity index is 2.06. The fourth-order valence-electron chi connectivity index (χ4n) is 1.84. The smallest absolute Gasteiger partial charge is 0.404 e. The van der Waals surface area contributed by atoms with E-state index >= 15 is 0 Å². The van der Waals surface area contributed by atoms with Crippen molar-refractivity contribution in [3.63, 3.8) is 0 Å². The minimum Gasteiger partial charge on any atom is -0.448 e. The van der Waals surface area contributed by atoms with E-state index in [4.69, 9.17) is 5.73 Å². The molecule has 3 N–H and O–H groups in total. The predicted molar refractivity (Wildman–Crippen MR) is 58.7 cm³/mol. The van der Waals surface area contributed by atoms with Crippen molar-refractivity contribution in [3.05, 3.63) is 0 Å². The molecule has 15 heavy (non-hydrogen) atoms. The van der Waals surface area contributed by atoms with Crippen molar-refractivity contribution in [2.24, 2.45) is 5.73 Å². The Kier molecular flexibility index (Phi) is 4.84. The molecule has 1 amide bonds. The fraction of sp³-hybridized carbons (Fsp3) is 0.900. The van der Waals surface area contributed by atoms with Gasteiger partial charge in [0.2, 0.25) is 0 Å². The molecule has 0 aliphatic carbocycles. The summed E-state index contributed by atoms with van der Waals surface area (Å²) >= 11 is 0. The first-order chi connectivity index (χ1) is 7.09. The van der Waals surface area contributed by atoms with Gasteiger partial charge in [0.25, 0.3) is 0 Å². The lowest BCUT2D eigenvalue weighted by Gasteiger charge is -2.20. The number of amides is 1. The molecule has 0 aromatic heterocycles. The van der Waals surface area contributed by atoms with E-state index < -0.39 is 6.09 Å². The van der Waals surface area contributed by atoms with Gasteiger partial charge in [0.05, 0.1) is 0 Å². The molecule has 1 unspecified atom stereocenters. The highest BCUT2D eigenvalue weighted by atomic mass is 16.5. The Morgan fingerprint density at radius 2 is 2.40 bits per heavy atom. The second-order valence-corrected chi connectivity index (χ2v) is 4.20. The zero-order valence-corrected chi connectivity index (χ0v) is 9.53. The maximum Gasteiger partial charge on any atom is 0.404 e. The number of nitrogens with one attached hydrogen (secondary N) is 1. The Labute approximate surface area is 90.9 Å². The third kappa shape index (κ3) is 4.48.